The van der Waals surface area contributed by atoms with Crippen LogP contribution >= 0.6 is 0 Å². The van der Waals surface area contributed by atoms with E-state index in [9.17, 15) is 9.90 Å². The van der Waals surface area contributed by atoms with Crippen LogP contribution in [0.4, 0.5) is 0 Å². The van der Waals surface area contributed by atoms with E-state index in [2.05, 4.69) is 11.8 Å². The maximum Gasteiger partial charge on any atom is 0.308 e. The predicted molar refractivity (Wildman–Crippen MR) is 78.2 cm³/mol. The van der Waals surface area contributed by atoms with Crippen LogP contribution in [-0.2, 0) is 4.79 Å². The highest BCUT2D eigenvalue weighted by molar-refractivity contribution is 5.72. The minimum atomic E-state index is -0.698. The molecule has 20 heavy (non-hydrogen) atoms. The van der Waals surface area contributed by atoms with Gasteiger partial charge < -0.3 is 14.7 Å². The number of hydrogen-bond acceptors (Lipinski definition) is 3. The third kappa shape index (κ3) is 2.80. The molecule has 0 radical (unpaired) electrons. The number of piperidine rings is 1. The molecule has 2 rings (SSSR count). The van der Waals surface area contributed by atoms with Gasteiger partial charge >= 0.3 is 5.97 Å². The first-order valence-electron chi connectivity index (χ1n) is 7.19. The van der Waals surface area contributed by atoms with Gasteiger partial charge in [0.2, 0.25) is 0 Å². The highest BCUT2D eigenvalue weighted by Gasteiger charge is 2.40. The molecule has 0 amide bonds. The van der Waals surface area contributed by atoms with Crippen molar-refractivity contribution in [3.05, 3.63) is 29.8 Å². The predicted octanol–water partition coefficient (Wildman–Crippen LogP) is 2.59. The van der Waals surface area contributed by atoms with Crippen molar-refractivity contribution in [1.29, 1.82) is 0 Å². The molecule has 0 spiro atoms. The second-order valence-corrected chi connectivity index (χ2v) is 5.40. The molecule has 1 aromatic rings. The third-order valence-electron chi connectivity index (χ3n) is 4.49. The van der Waals surface area contributed by atoms with Crippen LogP contribution in [0.3, 0.4) is 0 Å². The molecule has 1 aromatic carbocycles. The fourth-order valence-corrected chi connectivity index (χ4v) is 3.30. The number of hydrogen-bond donors (Lipinski definition) is 1. The minimum absolute atomic E-state index is 0.0679. The SMILES string of the molecule is CCN1CC[C@H](c2ccc(OC)cc2)[C@H](C(=O)O)[C@@H]1C. The summed E-state index contributed by atoms with van der Waals surface area (Å²) in [5.74, 6) is -0.163. The summed E-state index contributed by atoms with van der Waals surface area (Å²) in [6.45, 7) is 5.97. The van der Waals surface area contributed by atoms with Crippen molar-refractivity contribution in [1.82, 2.24) is 4.90 Å². The van der Waals surface area contributed by atoms with Gasteiger partial charge in [-0.2, -0.15) is 0 Å². The molecular formula is C16H23NO3. The number of nitrogens with zero attached hydrogens (tertiary/aromatic N) is 1. The molecule has 1 aliphatic rings. The summed E-state index contributed by atoms with van der Waals surface area (Å²) in [5.41, 5.74) is 1.10. The highest BCUT2D eigenvalue weighted by atomic mass is 16.5. The van der Waals surface area contributed by atoms with Crippen molar-refractivity contribution in [3.8, 4) is 5.75 Å². The molecule has 0 bridgehead atoms. The summed E-state index contributed by atoms with van der Waals surface area (Å²) >= 11 is 0. The van der Waals surface area contributed by atoms with Crippen molar-refractivity contribution in [2.24, 2.45) is 5.92 Å². The van der Waals surface area contributed by atoms with E-state index in [-0.39, 0.29) is 17.9 Å². The van der Waals surface area contributed by atoms with Crippen molar-refractivity contribution in [2.45, 2.75) is 32.2 Å². The monoisotopic (exact) mass is 277 g/mol. The maximum absolute atomic E-state index is 11.7. The first-order chi connectivity index (χ1) is 9.58. The van der Waals surface area contributed by atoms with Gasteiger partial charge in [-0.15, -0.1) is 0 Å². The van der Waals surface area contributed by atoms with Gasteiger partial charge in [0.05, 0.1) is 13.0 Å². The molecule has 0 saturated carbocycles. The van der Waals surface area contributed by atoms with Crippen LogP contribution in [0.2, 0.25) is 0 Å². The van der Waals surface area contributed by atoms with Crippen molar-refractivity contribution in [3.63, 3.8) is 0 Å². The van der Waals surface area contributed by atoms with E-state index in [0.29, 0.717) is 0 Å². The number of carbonyl (C=O) groups is 1. The number of benzene rings is 1. The number of carboxylic acid groups (broad SMARTS) is 1. The number of ether oxygens (including phenoxy) is 1. The van der Waals surface area contributed by atoms with Crippen LogP contribution < -0.4 is 4.74 Å². The summed E-state index contributed by atoms with van der Waals surface area (Å²) < 4.78 is 5.16. The Morgan fingerprint density at radius 2 is 2.05 bits per heavy atom. The number of carboxylic acids is 1. The topological polar surface area (TPSA) is 49.8 Å². The van der Waals surface area contributed by atoms with Crippen LogP contribution in [0.25, 0.3) is 0 Å². The van der Waals surface area contributed by atoms with Crippen molar-refractivity contribution < 1.29 is 14.6 Å². The fourth-order valence-electron chi connectivity index (χ4n) is 3.30. The first kappa shape index (κ1) is 14.9. The van der Waals surface area contributed by atoms with Gasteiger partial charge in [0, 0.05) is 6.04 Å². The van der Waals surface area contributed by atoms with Crippen LogP contribution in [0.15, 0.2) is 24.3 Å². The zero-order valence-electron chi connectivity index (χ0n) is 12.4. The summed E-state index contributed by atoms with van der Waals surface area (Å²) in [5, 5.41) is 9.60. The van der Waals surface area contributed by atoms with Crippen LogP contribution in [-0.4, -0.2) is 42.2 Å². The van der Waals surface area contributed by atoms with Crippen LogP contribution in [0, 0.1) is 5.92 Å². The number of likely N-dealkylation sites (tertiary alicyclic amines) is 1. The molecule has 4 heteroatoms. The molecule has 1 fully saturated rings. The van der Waals surface area contributed by atoms with Gasteiger partial charge in [0.25, 0.3) is 0 Å². The summed E-state index contributed by atoms with van der Waals surface area (Å²) in [7, 11) is 1.64. The van der Waals surface area contributed by atoms with Gasteiger partial charge in [-0.05, 0) is 50.0 Å². The molecule has 110 valence electrons. The van der Waals surface area contributed by atoms with Crippen LogP contribution in [0.1, 0.15) is 31.7 Å². The number of methoxy groups -OCH3 is 1. The Morgan fingerprint density at radius 1 is 1.40 bits per heavy atom. The van der Waals surface area contributed by atoms with E-state index >= 15 is 0 Å². The van der Waals surface area contributed by atoms with Gasteiger partial charge in [0.1, 0.15) is 5.75 Å². The van der Waals surface area contributed by atoms with E-state index in [1.54, 1.807) is 7.11 Å². The van der Waals surface area contributed by atoms with Crippen LogP contribution in [0.5, 0.6) is 5.75 Å². The zero-order chi connectivity index (χ0) is 14.7. The van der Waals surface area contributed by atoms with E-state index in [1.807, 2.05) is 31.2 Å². The lowest BCUT2D eigenvalue weighted by Gasteiger charge is -2.42. The largest absolute Gasteiger partial charge is 0.497 e. The Labute approximate surface area is 120 Å². The van der Waals surface area contributed by atoms with Crippen molar-refractivity contribution in [2.75, 3.05) is 20.2 Å². The standard InChI is InChI=1S/C16H23NO3/c1-4-17-10-9-14(15(11(17)2)16(18)19)12-5-7-13(20-3)8-6-12/h5-8,11,14-15H,4,9-10H2,1-3H3,(H,18,19)/t11-,14+,15+/m0/s1. The molecule has 1 N–H and O–H groups in total. The Balaban J connectivity index is 2.26. The maximum atomic E-state index is 11.7. The Bertz CT molecular complexity index is 457. The lowest BCUT2D eigenvalue weighted by molar-refractivity contribution is -0.146. The average Bonchev–Trinajstić information content (AvgIpc) is 2.46. The zero-order valence-corrected chi connectivity index (χ0v) is 12.4. The van der Waals surface area contributed by atoms with Gasteiger partial charge in [0.15, 0.2) is 0 Å². The molecule has 0 unspecified atom stereocenters. The Kier molecular flexibility index (Phi) is 4.65. The number of rotatable bonds is 4. The highest BCUT2D eigenvalue weighted by Crippen LogP contribution is 2.37. The smallest absolute Gasteiger partial charge is 0.308 e. The second kappa shape index (κ2) is 6.27. The summed E-state index contributed by atoms with van der Waals surface area (Å²) in [4.78, 5) is 13.9. The van der Waals surface area contributed by atoms with Gasteiger partial charge in [-0.25, -0.2) is 0 Å². The first-order valence-corrected chi connectivity index (χ1v) is 7.19. The minimum Gasteiger partial charge on any atom is -0.497 e. The van der Waals surface area contributed by atoms with E-state index in [0.717, 1.165) is 30.8 Å². The molecule has 4 nitrogen and oxygen atoms in total. The van der Waals surface area contributed by atoms with E-state index in [1.165, 1.54) is 0 Å². The van der Waals surface area contributed by atoms with E-state index < -0.39 is 5.97 Å². The van der Waals surface area contributed by atoms with E-state index in [4.69, 9.17) is 4.74 Å². The lowest BCUT2D eigenvalue weighted by atomic mass is 9.76. The molecule has 0 aromatic heterocycles. The molecule has 3 atom stereocenters. The fraction of sp³-hybridized carbons (Fsp3) is 0.562. The lowest BCUT2D eigenvalue weighted by Crippen LogP contribution is -2.49. The molecule has 1 aliphatic heterocycles. The van der Waals surface area contributed by atoms with Gasteiger partial charge in [-0.1, -0.05) is 19.1 Å². The third-order valence-corrected chi connectivity index (χ3v) is 4.49. The summed E-state index contributed by atoms with van der Waals surface area (Å²) in [6, 6.07) is 7.87. The molecule has 1 heterocycles. The molecule has 0 aliphatic carbocycles. The summed E-state index contributed by atoms with van der Waals surface area (Å²) in [6.07, 6.45) is 0.890. The Morgan fingerprint density at radius 3 is 2.55 bits per heavy atom. The second-order valence-electron chi connectivity index (χ2n) is 5.40. The average molecular weight is 277 g/mol. The Hall–Kier alpha value is -1.55. The number of aliphatic carboxylic acids is 1. The quantitative estimate of drug-likeness (QED) is 0.919. The molecule has 1 saturated heterocycles. The van der Waals surface area contributed by atoms with Crippen molar-refractivity contribution >= 4 is 5.97 Å². The molecular weight excluding hydrogens is 254 g/mol. The normalized spacial score (nSPS) is 27.2. The van der Waals surface area contributed by atoms with Gasteiger partial charge in [-0.3, -0.25) is 4.79 Å².